The Morgan fingerprint density at radius 2 is 1.69 bits per heavy atom. The second-order valence-electron chi connectivity index (χ2n) is 6.52. The Morgan fingerprint density at radius 3 is 2.35 bits per heavy atom. The maximum Gasteiger partial charge on any atom is 0.254 e. The molecule has 1 aromatic carbocycles. The van der Waals surface area contributed by atoms with Crippen LogP contribution in [0.2, 0.25) is 0 Å². The number of hydrogen-bond donors (Lipinski definition) is 1. The Bertz CT molecular complexity index is 617. The number of hydrogen-bond acceptors (Lipinski definition) is 4. The van der Waals surface area contributed by atoms with Crippen molar-refractivity contribution < 1.29 is 14.0 Å². The van der Waals surface area contributed by atoms with E-state index in [0.717, 1.165) is 45.8 Å². The summed E-state index contributed by atoms with van der Waals surface area (Å²) in [6.07, 6.45) is 0.526. The van der Waals surface area contributed by atoms with Crippen LogP contribution in [0.5, 0.6) is 0 Å². The van der Waals surface area contributed by atoms with Crippen LogP contribution in [0.4, 0.5) is 4.39 Å². The summed E-state index contributed by atoms with van der Waals surface area (Å²) in [4.78, 5) is 30.5. The van der Waals surface area contributed by atoms with Crippen molar-refractivity contribution in [1.29, 1.82) is 0 Å². The van der Waals surface area contributed by atoms with Gasteiger partial charge in [-0.25, -0.2) is 4.39 Å². The molecule has 2 amide bonds. The SMILES string of the molecule is Cl.O=C(CCN1CCN(C(=O)c2cccc(F)c2)CC1)N1CCNCC1. The highest BCUT2D eigenvalue weighted by Crippen LogP contribution is 2.11. The number of carbonyl (C=O) groups excluding carboxylic acids is 2. The molecule has 0 radical (unpaired) electrons. The van der Waals surface area contributed by atoms with Crippen molar-refractivity contribution in [3.63, 3.8) is 0 Å². The largest absolute Gasteiger partial charge is 0.340 e. The molecule has 8 heteroatoms. The van der Waals surface area contributed by atoms with Crippen LogP contribution in [0.3, 0.4) is 0 Å². The number of benzene rings is 1. The van der Waals surface area contributed by atoms with Crippen LogP contribution in [-0.2, 0) is 4.79 Å². The van der Waals surface area contributed by atoms with E-state index >= 15 is 0 Å². The highest BCUT2D eigenvalue weighted by molar-refractivity contribution is 5.94. The predicted octanol–water partition coefficient (Wildman–Crippen LogP) is 0.827. The fourth-order valence-electron chi connectivity index (χ4n) is 3.30. The molecular weight excluding hydrogens is 359 g/mol. The van der Waals surface area contributed by atoms with Crippen molar-refractivity contribution in [3.8, 4) is 0 Å². The molecule has 6 nitrogen and oxygen atoms in total. The molecule has 3 rings (SSSR count). The number of nitrogens with zero attached hydrogens (tertiary/aromatic N) is 3. The van der Waals surface area contributed by atoms with Gasteiger partial charge in [-0.3, -0.25) is 14.5 Å². The van der Waals surface area contributed by atoms with Crippen molar-refractivity contribution in [3.05, 3.63) is 35.6 Å². The zero-order chi connectivity index (χ0) is 17.6. The fourth-order valence-corrected chi connectivity index (χ4v) is 3.30. The Kier molecular flexibility index (Phi) is 7.81. The first-order valence-corrected chi connectivity index (χ1v) is 8.89. The lowest BCUT2D eigenvalue weighted by Gasteiger charge is -2.35. The molecule has 2 aliphatic rings. The van der Waals surface area contributed by atoms with Gasteiger partial charge in [-0.05, 0) is 18.2 Å². The molecule has 0 aromatic heterocycles. The van der Waals surface area contributed by atoms with Crippen LogP contribution in [0, 0.1) is 5.82 Å². The van der Waals surface area contributed by atoms with Crippen molar-refractivity contribution in [2.75, 3.05) is 58.9 Å². The van der Waals surface area contributed by atoms with E-state index in [2.05, 4.69) is 10.2 Å². The first kappa shape index (κ1) is 20.6. The quantitative estimate of drug-likeness (QED) is 0.835. The summed E-state index contributed by atoms with van der Waals surface area (Å²) in [6.45, 7) is 6.74. The van der Waals surface area contributed by atoms with Gasteiger partial charge in [0.1, 0.15) is 5.82 Å². The van der Waals surface area contributed by atoms with E-state index in [-0.39, 0.29) is 24.2 Å². The van der Waals surface area contributed by atoms with Crippen molar-refractivity contribution in [1.82, 2.24) is 20.0 Å². The Balaban J connectivity index is 0.00000243. The molecule has 2 aliphatic heterocycles. The summed E-state index contributed by atoms with van der Waals surface area (Å²) in [5.74, 6) is -0.313. The number of amides is 2. The Hall–Kier alpha value is -1.70. The Labute approximate surface area is 159 Å². The van der Waals surface area contributed by atoms with Gasteiger partial charge in [-0.15, -0.1) is 12.4 Å². The average Bonchev–Trinajstić information content (AvgIpc) is 2.66. The lowest BCUT2D eigenvalue weighted by atomic mass is 10.1. The summed E-state index contributed by atoms with van der Waals surface area (Å²) >= 11 is 0. The van der Waals surface area contributed by atoms with E-state index in [1.807, 2.05) is 4.90 Å². The second kappa shape index (κ2) is 9.85. The van der Waals surface area contributed by atoms with Crippen LogP contribution in [0.25, 0.3) is 0 Å². The first-order chi connectivity index (χ1) is 12.1. The standard InChI is InChI=1S/C18H25FN4O2.ClH/c19-16-3-1-2-15(14-16)18(25)23-12-10-21(11-13-23)7-4-17(24)22-8-5-20-6-9-22;/h1-3,14,20H,4-13H2;1H. The number of nitrogens with one attached hydrogen (secondary N) is 1. The van der Waals surface area contributed by atoms with Crippen LogP contribution in [0.15, 0.2) is 24.3 Å². The summed E-state index contributed by atoms with van der Waals surface area (Å²) < 4.78 is 13.3. The molecule has 1 N–H and O–H groups in total. The summed E-state index contributed by atoms with van der Waals surface area (Å²) in [5.41, 5.74) is 0.391. The monoisotopic (exact) mass is 384 g/mol. The van der Waals surface area contributed by atoms with E-state index in [4.69, 9.17) is 0 Å². The van der Waals surface area contributed by atoms with Crippen LogP contribution < -0.4 is 5.32 Å². The lowest BCUT2D eigenvalue weighted by Crippen LogP contribution is -2.50. The van der Waals surface area contributed by atoms with Gasteiger partial charge in [0.15, 0.2) is 0 Å². The van der Waals surface area contributed by atoms with Gasteiger partial charge in [0.25, 0.3) is 5.91 Å². The fraction of sp³-hybridized carbons (Fsp3) is 0.556. The third-order valence-corrected chi connectivity index (χ3v) is 4.84. The van der Waals surface area contributed by atoms with E-state index in [1.54, 1.807) is 17.0 Å². The average molecular weight is 385 g/mol. The zero-order valence-electron chi connectivity index (χ0n) is 14.8. The van der Waals surface area contributed by atoms with Gasteiger partial charge < -0.3 is 15.1 Å². The van der Waals surface area contributed by atoms with E-state index in [9.17, 15) is 14.0 Å². The molecule has 0 aliphatic carbocycles. The predicted molar refractivity (Wildman–Crippen MR) is 100 cm³/mol. The maximum atomic E-state index is 13.3. The van der Waals surface area contributed by atoms with Crippen LogP contribution in [-0.4, -0.2) is 85.4 Å². The third-order valence-electron chi connectivity index (χ3n) is 4.84. The first-order valence-electron chi connectivity index (χ1n) is 8.89. The molecule has 26 heavy (non-hydrogen) atoms. The van der Waals surface area contributed by atoms with Crippen molar-refractivity contribution in [2.45, 2.75) is 6.42 Å². The topological polar surface area (TPSA) is 55.9 Å². The van der Waals surface area contributed by atoms with Crippen molar-refractivity contribution >= 4 is 24.2 Å². The van der Waals surface area contributed by atoms with E-state index in [0.29, 0.717) is 25.1 Å². The molecule has 2 saturated heterocycles. The van der Waals surface area contributed by atoms with Gasteiger partial charge in [0, 0.05) is 70.9 Å². The van der Waals surface area contributed by atoms with Gasteiger partial charge >= 0.3 is 0 Å². The lowest BCUT2D eigenvalue weighted by molar-refractivity contribution is -0.132. The normalized spacial score (nSPS) is 18.3. The van der Waals surface area contributed by atoms with E-state index < -0.39 is 5.82 Å². The smallest absolute Gasteiger partial charge is 0.254 e. The third kappa shape index (κ3) is 5.40. The highest BCUT2D eigenvalue weighted by atomic mass is 35.5. The molecule has 0 spiro atoms. The number of carbonyl (C=O) groups is 2. The van der Waals surface area contributed by atoms with Gasteiger partial charge in [-0.2, -0.15) is 0 Å². The zero-order valence-corrected chi connectivity index (χ0v) is 15.6. The molecule has 0 unspecified atom stereocenters. The summed E-state index contributed by atoms with van der Waals surface area (Å²) in [6, 6.07) is 5.81. The summed E-state index contributed by atoms with van der Waals surface area (Å²) in [7, 11) is 0. The number of piperazine rings is 2. The van der Waals surface area contributed by atoms with Crippen LogP contribution >= 0.6 is 12.4 Å². The second-order valence-corrected chi connectivity index (χ2v) is 6.52. The molecule has 0 saturated carbocycles. The molecule has 2 fully saturated rings. The minimum atomic E-state index is -0.393. The van der Waals surface area contributed by atoms with Crippen molar-refractivity contribution in [2.24, 2.45) is 0 Å². The minimum absolute atomic E-state index is 0. The molecule has 0 bridgehead atoms. The summed E-state index contributed by atoms with van der Waals surface area (Å²) in [5, 5.41) is 3.24. The molecule has 2 heterocycles. The molecule has 0 atom stereocenters. The maximum absolute atomic E-state index is 13.3. The van der Waals surface area contributed by atoms with Gasteiger partial charge in [0.2, 0.25) is 5.91 Å². The van der Waals surface area contributed by atoms with Gasteiger partial charge in [0.05, 0.1) is 0 Å². The van der Waals surface area contributed by atoms with Crippen LogP contribution in [0.1, 0.15) is 16.8 Å². The molecule has 144 valence electrons. The highest BCUT2D eigenvalue weighted by Gasteiger charge is 2.23. The number of rotatable bonds is 4. The Morgan fingerprint density at radius 1 is 1.00 bits per heavy atom. The number of halogens is 2. The molecule has 1 aromatic rings. The minimum Gasteiger partial charge on any atom is -0.340 e. The molecular formula is C18H26ClFN4O2. The van der Waals surface area contributed by atoms with Gasteiger partial charge in [-0.1, -0.05) is 6.07 Å². The van der Waals surface area contributed by atoms with E-state index in [1.165, 1.54) is 12.1 Å².